The predicted octanol–water partition coefficient (Wildman–Crippen LogP) is 4.03. The van der Waals surface area contributed by atoms with E-state index in [4.69, 9.17) is 0 Å². The summed E-state index contributed by atoms with van der Waals surface area (Å²) < 4.78 is 0. The van der Waals surface area contributed by atoms with Crippen LogP contribution in [0.2, 0.25) is 0 Å². The Morgan fingerprint density at radius 2 is 1.44 bits per heavy atom. The maximum atomic E-state index is 3.37. The zero-order valence-corrected chi connectivity index (χ0v) is 11.2. The summed E-state index contributed by atoms with van der Waals surface area (Å²) in [5.74, 6) is 0. The summed E-state index contributed by atoms with van der Waals surface area (Å²) in [7, 11) is 0. The van der Waals surface area contributed by atoms with Crippen LogP contribution in [0.1, 0.15) is 25.0 Å². The standard InChI is InChI=1S/C17H21N/c1-3-14-7-5-9-16(11-14)17-10-6-8-15(12-17)13-18-4-2/h5-12,18H,3-4,13H2,1-2H3. The van der Waals surface area contributed by atoms with Crippen molar-refractivity contribution >= 4 is 0 Å². The smallest absolute Gasteiger partial charge is 0.0205 e. The van der Waals surface area contributed by atoms with Crippen LogP contribution in [0.5, 0.6) is 0 Å². The lowest BCUT2D eigenvalue weighted by Crippen LogP contribution is -2.11. The van der Waals surface area contributed by atoms with Crippen LogP contribution in [0.25, 0.3) is 11.1 Å². The number of nitrogens with one attached hydrogen (secondary N) is 1. The average Bonchev–Trinajstić information content (AvgIpc) is 2.45. The molecule has 0 amide bonds. The van der Waals surface area contributed by atoms with Gasteiger partial charge in [0, 0.05) is 6.54 Å². The van der Waals surface area contributed by atoms with Gasteiger partial charge in [-0.25, -0.2) is 0 Å². The highest BCUT2D eigenvalue weighted by Crippen LogP contribution is 2.21. The minimum absolute atomic E-state index is 0.942. The molecule has 2 aromatic rings. The lowest BCUT2D eigenvalue weighted by atomic mass is 10.0. The fourth-order valence-electron chi connectivity index (χ4n) is 2.10. The predicted molar refractivity (Wildman–Crippen MR) is 78.6 cm³/mol. The van der Waals surface area contributed by atoms with E-state index in [1.165, 1.54) is 22.3 Å². The van der Waals surface area contributed by atoms with Crippen LogP contribution >= 0.6 is 0 Å². The number of hydrogen-bond donors (Lipinski definition) is 1. The molecule has 0 aromatic heterocycles. The molecule has 1 N–H and O–H groups in total. The van der Waals surface area contributed by atoms with Gasteiger partial charge in [-0.05, 0) is 41.3 Å². The number of benzene rings is 2. The fraction of sp³-hybridized carbons (Fsp3) is 0.294. The minimum atomic E-state index is 0.942. The highest BCUT2D eigenvalue weighted by molar-refractivity contribution is 5.64. The highest BCUT2D eigenvalue weighted by Gasteiger charge is 2.00. The van der Waals surface area contributed by atoms with Gasteiger partial charge < -0.3 is 5.32 Å². The van der Waals surface area contributed by atoms with E-state index in [1.54, 1.807) is 0 Å². The van der Waals surface area contributed by atoms with Crippen LogP contribution < -0.4 is 5.32 Å². The first-order valence-electron chi connectivity index (χ1n) is 6.72. The minimum Gasteiger partial charge on any atom is -0.313 e. The summed E-state index contributed by atoms with van der Waals surface area (Å²) in [5, 5.41) is 3.37. The molecule has 1 nitrogen and oxygen atoms in total. The van der Waals surface area contributed by atoms with E-state index >= 15 is 0 Å². The summed E-state index contributed by atoms with van der Waals surface area (Å²) in [5.41, 5.74) is 5.36. The molecular weight excluding hydrogens is 218 g/mol. The molecule has 1 heteroatoms. The van der Waals surface area contributed by atoms with Crippen molar-refractivity contribution in [2.75, 3.05) is 6.54 Å². The zero-order chi connectivity index (χ0) is 12.8. The molecule has 2 aromatic carbocycles. The largest absolute Gasteiger partial charge is 0.313 e. The molecule has 0 atom stereocenters. The monoisotopic (exact) mass is 239 g/mol. The highest BCUT2D eigenvalue weighted by atomic mass is 14.8. The van der Waals surface area contributed by atoms with E-state index in [0.29, 0.717) is 0 Å². The summed E-state index contributed by atoms with van der Waals surface area (Å²) in [6, 6.07) is 17.6. The molecule has 2 rings (SSSR count). The van der Waals surface area contributed by atoms with Crippen molar-refractivity contribution in [1.82, 2.24) is 5.32 Å². The number of aryl methyl sites for hydroxylation is 1. The summed E-state index contributed by atoms with van der Waals surface area (Å²) >= 11 is 0. The zero-order valence-electron chi connectivity index (χ0n) is 11.2. The first kappa shape index (κ1) is 12.8. The SMILES string of the molecule is CCNCc1cccc(-c2cccc(CC)c2)c1. The van der Waals surface area contributed by atoms with Crippen molar-refractivity contribution in [2.24, 2.45) is 0 Å². The molecule has 18 heavy (non-hydrogen) atoms. The Balaban J connectivity index is 2.26. The molecule has 0 aliphatic carbocycles. The van der Waals surface area contributed by atoms with Gasteiger partial charge in [0.15, 0.2) is 0 Å². The second-order valence-electron chi connectivity index (χ2n) is 4.53. The maximum absolute atomic E-state index is 3.37. The van der Waals surface area contributed by atoms with Crippen LogP contribution in [-0.2, 0) is 13.0 Å². The Morgan fingerprint density at radius 3 is 2.06 bits per heavy atom. The molecule has 0 fully saturated rings. The quantitative estimate of drug-likeness (QED) is 0.830. The van der Waals surface area contributed by atoms with Crippen molar-refractivity contribution in [3.63, 3.8) is 0 Å². The van der Waals surface area contributed by atoms with Gasteiger partial charge in [-0.15, -0.1) is 0 Å². The molecule has 94 valence electrons. The normalized spacial score (nSPS) is 10.6. The molecule has 0 spiro atoms. The topological polar surface area (TPSA) is 12.0 Å². The van der Waals surface area contributed by atoms with Gasteiger partial charge in [0.1, 0.15) is 0 Å². The molecule has 0 saturated heterocycles. The number of hydrogen-bond acceptors (Lipinski definition) is 1. The van der Waals surface area contributed by atoms with Crippen LogP contribution in [-0.4, -0.2) is 6.54 Å². The second-order valence-corrected chi connectivity index (χ2v) is 4.53. The van der Waals surface area contributed by atoms with Crippen molar-refractivity contribution in [1.29, 1.82) is 0 Å². The second kappa shape index (κ2) is 6.36. The van der Waals surface area contributed by atoms with Crippen molar-refractivity contribution in [2.45, 2.75) is 26.8 Å². The third-order valence-corrected chi connectivity index (χ3v) is 3.17. The molecule has 0 aliphatic rings. The van der Waals surface area contributed by atoms with E-state index in [-0.39, 0.29) is 0 Å². The Labute approximate surface area is 110 Å². The first-order valence-corrected chi connectivity index (χ1v) is 6.72. The van der Waals surface area contributed by atoms with E-state index in [1.807, 2.05) is 0 Å². The van der Waals surface area contributed by atoms with Crippen LogP contribution in [0.4, 0.5) is 0 Å². The Morgan fingerprint density at radius 1 is 0.833 bits per heavy atom. The van der Waals surface area contributed by atoms with E-state index in [0.717, 1.165) is 19.5 Å². The van der Waals surface area contributed by atoms with Crippen molar-refractivity contribution in [3.8, 4) is 11.1 Å². The molecular formula is C17H21N. The summed E-state index contributed by atoms with van der Waals surface area (Å²) in [6.45, 7) is 6.28. The van der Waals surface area contributed by atoms with Crippen LogP contribution in [0.15, 0.2) is 48.5 Å². The fourth-order valence-corrected chi connectivity index (χ4v) is 2.10. The molecule has 0 aliphatic heterocycles. The summed E-state index contributed by atoms with van der Waals surface area (Å²) in [6.07, 6.45) is 1.09. The van der Waals surface area contributed by atoms with E-state index < -0.39 is 0 Å². The lowest BCUT2D eigenvalue weighted by Gasteiger charge is -2.07. The Hall–Kier alpha value is -1.60. The molecule has 0 unspecified atom stereocenters. The van der Waals surface area contributed by atoms with Gasteiger partial charge >= 0.3 is 0 Å². The van der Waals surface area contributed by atoms with Crippen molar-refractivity contribution < 1.29 is 0 Å². The van der Waals surface area contributed by atoms with E-state index in [2.05, 4.69) is 67.7 Å². The molecule has 0 heterocycles. The molecule has 0 radical (unpaired) electrons. The Kier molecular flexibility index (Phi) is 4.54. The van der Waals surface area contributed by atoms with E-state index in [9.17, 15) is 0 Å². The Bertz CT molecular complexity index is 502. The van der Waals surface area contributed by atoms with Gasteiger partial charge in [-0.2, -0.15) is 0 Å². The third-order valence-electron chi connectivity index (χ3n) is 3.17. The van der Waals surface area contributed by atoms with Gasteiger partial charge in [-0.3, -0.25) is 0 Å². The van der Waals surface area contributed by atoms with Gasteiger partial charge in [0.2, 0.25) is 0 Å². The van der Waals surface area contributed by atoms with Crippen molar-refractivity contribution in [3.05, 3.63) is 59.7 Å². The average molecular weight is 239 g/mol. The first-order chi connectivity index (χ1) is 8.83. The summed E-state index contributed by atoms with van der Waals surface area (Å²) in [4.78, 5) is 0. The van der Waals surface area contributed by atoms with Gasteiger partial charge in [0.05, 0.1) is 0 Å². The van der Waals surface area contributed by atoms with Gasteiger partial charge in [0.25, 0.3) is 0 Å². The third kappa shape index (κ3) is 3.21. The maximum Gasteiger partial charge on any atom is 0.0205 e. The molecule has 0 saturated carbocycles. The van der Waals surface area contributed by atoms with Crippen LogP contribution in [0, 0.1) is 0 Å². The van der Waals surface area contributed by atoms with Crippen LogP contribution in [0.3, 0.4) is 0 Å². The number of rotatable bonds is 5. The lowest BCUT2D eigenvalue weighted by molar-refractivity contribution is 0.727. The van der Waals surface area contributed by atoms with Gasteiger partial charge in [-0.1, -0.05) is 56.3 Å². The molecule has 0 bridgehead atoms.